The summed E-state index contributed by atoms with van der Waals surface area (Å²) in [4.78, 5) is 10.3. The van der Waals surface area contributed by atoms with E-state index < -0.39 is 5.97 Å². The average Bonchev–Trinajstić information content (AvgIpc) is 2.87. The second-order valence-corrected chi connectivity index (χ2v) is 4.62. The third kappa shape index (κ3) is 3.72. The van der Waals surface area contributed by atoms with Gasteiger partial charge >= 0.3 is 0 Å². The molecule has 0 radical (unpaired) electrons. The molecule has 2 aromatic rings. The van der Waals surface area contributed by atoms with Crippen LogP contribution >= 0.6 is 11.8 Å². The van der Waals surface area contributed by atoms with Gasteiger partial charge in [-0.2, -0.15) is 0 Å². The van der Waals surface area contributed by atoms with Crippen LogP contribution in [0, 0.1) is 0 Å². The standard InChI is InChI=1S/C12H12N2O4S/c1-17-9-4-2-3-8(7-9)11-13-14-12(18-11)19-6-5-10(15)16/h2-4,7H,5-6H2,1H3,(H,15,16)/p-1. The minimum atomic E-state index is -1.10. The number of thioether (sulfide) groups is 1. The summed E-state index contributed by atoms with van der Waals surface area (Å²) in [5, 5.41) is 18.4. The van der Waals surface area contributed by atoms with Crippen molar-refractivity contribution in [1.29, 1.82) is 0 Å². The summed E-state index contributed by atoms with van der Waals surface area (Å²) in [6, 6.07) is 7.24. The topological polar surface area (TPSA) is 88.3 Å². The number of nitrogens with zero attached hydrogens (tertiary/aromatic N) is 2. The number of carboxylic acid groups (broad SMARTS) is 1. The Morgan fingerprint density at radius 3 is 3.05 bits per heavy atom. The molecule has 0 amide bonds. The molecule has 0 aliphatic carbocycles. The van der Waals surface area contributed by atoms with E-state index in [1.165, 1.54) is 11.8 Å². The van der Waals surface area contributed by atoms with Gasteiger partial charge in [-0.25, -0.2) is 0 Å². The Bertz CT molecular complexity index is 570. The smallest absolute Gasteiger partial charge is 0.276 e. The fourth-order valence-corrected chi connectivity index (χ4v) is 2.04. The van der Waals surface area contributed by atoms with Crippen LogP contribution in [0.4, 0.5) is 0 Å². The normalized spacial score (nSPS) is 10.4. The monoisotopic (exact) mass is 279 g/mol. The highest BCUT2D eigenvalue weighted by Crippen LogP contribution is 2.25. The van der Waals surface area contributed by atoms with Crippen molar-refractivity contribution in [3.8, 4) is 17.2 Å². The number of hydrogen-bond acceptors (Lipinski definition) is 7. The molecular formula is C12H11N2O4S-. The van der Waals surface area contributed by atoms with Crippen molar-refractivity contribution in [2.75, 3.05) is 12.9 Å². The number of hydrogen-bond donors (Lipinski definition) is 0. The second kappa shape index (κ2) is 6.24. The van der Waals surface area contributed by atoms with Gasteiger partial charge in [0.1, 0.15) is 5.75 Å². The van der Waals surface area contributed by atoms with Gasteiger partial charge in [-0.05, 0) is 24.6 Å². The Hall–Kier alpha value is -2.02. The Labute approximate surface area is 113 Å². The first-order valence-electron chi connectivity index (χ1n) is 5.49. The summed E-state index contributed by atoms with van der Waals surface area (Å²) in [6.07, 6.45) is -0.0540. The van der Waals surface area contributed by atoms with E-state index in [0.29, 0.717) is 22.6 Å². The van der Waals surface area contributed by atoms with E-state index in [9.17, 15) is 9.90 Å². The minimum absolute atomic E-state index is 0.0540. The van der Waals surface area contributed by atoms with Crippen LogP contribution in [0.3, 0.4) is 0 Å². The van der Waals surface area contributed by atoms with E-state index in [1.54, 1.807) is 13.2 Å². The van der Waals surface area contributed by atoms with Crippen molar-refractivity contribution in [2.45, 2.75) is 11.6 Å². The zero-order chi connectivity index (χ0) is 13.7. The van der Waals surface area contributed by atoms with Crippen LogP contribution in [0.25, 0.3) is 11.5 Å². The number of ether oxygens (including phenoxy) is 1. The molecule has 1 aromatic heterocycles. The lowest BCUT2D eigenvalue weighted by molar-refractivity contribution is -0.305. The molecule has 0 spiro atoms. The van der Waals surface area contributed by atoms with Crippen LogP contribution in [0.2, 0.25) is 0 Å². The van der Waals surface area contributed by atoms with Crippen LogP contribution in [-0.2, 0) is 4.79 Å². The van der Waals surface area contributed by atoms with Crippen molar-refractivity contribution < 1.29 is 19.1 Å². The average molecular weight is 279 g/mol. The molecule has 100 valence electrons. The number of carbonyl (C=O) groups excluding carboxylic acids is 1. The quantitative estimate of drug-likeness (QED) is 0.728. The first kappa shape index (κ1) is 13.4. The first-order valence-corrected chi connectivity index (χ1v) is 6.48. The summed E-state index contributed by atoms with van der Waals surface area (Å²) in [5.74, 6) is 0.305. The number of methoxy groups -OCH3 is 1. The molecule has 0 fully saturated rings. The predicted octanol–water partition coefficient (Wildman–Crippen LogP) is 0.977. The number of aromatic nitrogens is 2. The lowest BCUT2D eigenvalue weighted by atomic mass is 10.2. The third-order valence-electron chi connectivity index (χ3n) is 2.25. The van der Waals surface area contributed by atoms with Gasteiger partial charge in [-0.1, -0.05) is 17.8 Å². The summed E-state index contributed by atoms with van der Waals surface area (Å²) >= 11 is 1.18. The van der Waals surface area contributed by atoms with E-state index in [2.05, 4.69) is 10.2 Å². The van der Waals surface area contributed by atoms with Gasteiger partial charge < -0.3 is 19.1 Å². The van der Waals surface area contributed by atoms with Crippen LogP contribution in [0.15, 0.2) is 33.9 Å². The van der Waals surface area contributed by atoms with Crippen molar-refractivity contribution in [2.24, 2.45) is 0 Å². The second-order valence-electron chi connectivity index (χ2n) is 3.58. The van der Waals surface area contributed by atoms with Crippen LogP contribution < -0.4 is 9.84 Å². The Morgan fingerprint density at radius 1 is 1.47 bits per heavy atom. The summed E-state index contributed by atoms with van der Waals surface area (Å²) in [7, 11) is 1.58. The van der Waals surface area contributed by atoms with Gasteiger partial charge in [0.15, 0.2) is 0 Å². The van der Waals surface area contributed by atoms with E-state index in [-0.39, 0.29) is 6.42 Å². The molecule has 0 aliphatic heterocycles. The highest BCUT2D eigenvalue weighted by molar-refractivity contribution is 7.99. The van der Waals surface area contributed by atoms with Crippen molar-refractivity contribution in [1.82, 2.24) is 10.2 Å². The van der Waals surface area contributed by atoms with Crippen LogP contribution in [0.5, 0.6) is 5.75 Å². The molecule has 0 bridgehead atoms. The number of carboxylic acids is 1. The molecule has 1 heterocycles. The highest BCUT2D eigenvalue weighted by atomic mass is 32.2. The van der Waals surface area contributed by atoms with Gasteiger partial charge in [-0.3, -0.25) is 0 Å². The van der Waals surface area contributed by atoms with E-state index >= 15 is 0 Å². The predicted molar refractivity (Wildman–Crippen MR) is 66.6 cm³/mol. The molecule has 2 rings (SSSR count). The molecule has 0 aliphatic rings. The van der Waals surface area contributed by atoms with E-state index in [1.807, 2.05) is 18.2 Å². The molecule has 6 nitrogen and oxygen atoms in total. The molecular weight excluding hydrogens is 268 g/mol. The van der Waals surface area contributed by atoms with Crippen molar-refractivity contribution in [3.05, 3.63) is 24.3 Å². The maximum atomic E-state index is 10.3. The fourth-order valence-electron chi connectivity index (χ4n) is 1.36. The summed E-state index contributed by atoms with van der Waals surface area (Å²) in [6.45, 7) is 0. The molecule has 0 N–H and O–H groups in total. The molecule has 0 unspecified atom stereocenters. The number of aliphatic carboxylic acids is 1. The third-order valence-corrected chi connectivity index (χ3v) is 3.08. The first-order chi connectivity index (χ1) is 9.19. The molecule has 0 saturated carbocycles. The molecule has 7 heteroatoms. The summed E-state index contributed by atoms with van der Waals surface area (Å²) in [5.41, 5.74) is 0.749. The maximum absolute atomic E-state index is 10.3. The molecule has 1 aromatic carbocycles. The zero-order valence-corrected chi connectivity index (χ0v) is 11.0. The van der Waals surface area contributed by atoms with E-state index in [4.69, 9.17) is 9.15 Å². The van der Waals surface area contributed by atoms with Gasteiger partial charge in [0.05, 0.1) is 7.11 Å². The Balaban J connectivity index is 2.05. The Morgan fingerprint density at radius 2 is 2.32 bits per heavy atom. The van der Waals surface area contributed by atoms with Gasteiger partial charge in [0.25, 0.3) is 5.22 Å². The lowest BCUT2D eigenvalue weighted by Crippen LogP contribution is -2.22. The van der Waals surface area contributed by atoms with Gasteiger partial charge in [0, 0.05) is 17.3 Å². The summed E-state index contributed by atoms with van der Waals surface area (Å²) < 4.78 is 10.5. The molecule has 19 heavy (non-hydrogen) atoms. The number of carbonyl (C=O) groups is 1. The minimum Gasteiger partial charge on any atom is -0.550 e. The lowest BCUT2D eigenvalue weighted by Gasteiger charge is -2.00. The van der Waals surface area contributed by atoms with Gasteiger partial charge in [-0.15, -0.1) is 10.2 Å². The largest absolute Gasteiger partial charge is 0.550 e. The molecule has 0 atom stereocenters. The fraction of sp³-hybridized carbons (Fsp3) is 0.250. The Kier molecular flexibility index (Phi) is 4.40. The number of rotatable bonds is 6. The van der Waals surface area contributed by atoms with Gasteiger partial charge in [0.2, 0.25) is 5.89 Å². The maximum Gasteiger partial charge on any atom is 0.276 e. The highest BCUT2D eigenvalue weighted by Gasteiger charge is 2.09. The van der Waals surface area contributed by atoms with Crippen LogP contribution in [-0.4, -0.2) is 29.0 Å². The SMILES string of the molecule is COc1cccc(-c2nnc(SCCC(=O)[O-])o2)c1. The number of benzene rings is 1. The van der Waals surface area contributed by atoms with Crippen molar-refractivity contribution >= 4 is 17.7 Å². The zero-order valence-electron chi connectivity index (χ0n) is 10.2. The van der Waals surface area contributed by atoms with Crippen molar-refractivity contribution in [3.63, 3.8) is 0 Å². The van der Waals surface area contributed by atoms with Crippen LogP contribution in [0.1, 0.15) is 6.42 Å². The van der Waals surface area contributed by atoms with E-state index in [0.717, 1.165) is 5.56 Å². The molecule has 0 saturated heterocycles.